The van der Waals surface area contributed by atoms with Crippen molar-refractivity contribution in [1.29, 1.82) is 0 Å². The molecule has 1 unspecified atom stereocenters. The van der Waals surface area contributed by atoms with Crippen LogP contribution in [0.15, 0.2) is 22.9 Å². The lowest BCUT2D eigenvalue weighted by Gasteiger charge is -2.35. The first kappa shape index (κ1) is 13.5. The van der Waals surface area contributed by atoms with Gasteiger partial charge in [-0.2, -0.15) is 0 Å². The van der Waals surface area contributed by atoms with Crippen LogP contribution in [0.1, 0.15) is 26.2 Å². The van der Waals surface area contributed by atoms with Gasteiger partial charge in [-0.25, -0.2) is 4.98 Å². The van der Waals surface area contributed by atoms with Crippen LogP contribution in [0.3, 0.4) is 0 Å². The number of carbonyl (C=O) groups is 1. The Morgan fingerprint density at radius 1 is 1.61 bits per heavy atom. The van der Waals surface area contributed by atoms with Crippen molar-refractivity contribution >= 4 is 27.5 Å². The van der Waals surface area contributed by atoms with Crippen molar-refractivity contribution < 1.29 is 4.79 Å². The van der Waals surface area contributed by atoms with Gasteiger partial charge in [0.25, 0.3) is 0 Å². The molecule has 1 amide bonds. The molecule has 2 rings (SSSR count). The van der Waals surface area contributed by atoms with Crippen LogP contribution >= 0.6 is 15.9 Å². The number of rotatable bonds is 3. The van der Waals surface area contributed by atoms with Gasteiger partial charge in [0.15, 0.2) is 0 Å². The fourth-order valence-electron chi connectivity index (χ4n) is 2.34. The van der Waals surface area contributed by atoms with Crippen molar-refractivity contribution in [2.24, 2.45) is 5.41 Å². The maximum Gasteiger partial charge on any atom is 0.231 e. The van der Waals surface area contributed by atoms with Crippen LogP contribution in [0.2, 0.25) is 0 Å². The van der Waals surface area contributed by atoms with E-state index in [1.54, 1.807) is 6.20 Å². The molecule has 0 saturated carbocycles. The summed E-state index contributed by atoms with van der Waals surface area (Å²) in [5.74, 6) is 0.0984. The molecule has 0 aliphatic carbocycles. The number of anilines is 1. The molecule has 2 N–H and O–H groups in total. The summed E-state index contributed by atoms with van der Waals surface area (Å²) in [7, 11) is 0. The summed E-state index contributed by atoms with van der Waals surface area (Å²) >= 11 is 3.28. The van der Waals surface area contributed by atoms with Crippen LogP contribution in [0.25, 0.3) is 0 Å². The Morgan fingerprint density at radius 2 is 2.44 bits per heavy atom. The quantitative estimate of drug-likeness (QED) is 0.844. The standard InChI is InChI=1S/C13H18BrN3O/c1-2-13(6-3-7-15-9-13)12(18)17-10-4-5-11(14)16-8-10/h4-5,8,15H,2-3,6-7,9H2,1H3,(H,17,18). The Hall–Kier alpha value is -0.940. The van der Waals surface area contributed by atoms with E-state index in [1.165, 1.54) is 0 Å². The largest absolute Gasteiger partial charge is 0.324 e. The second-order valence-electron chi connectivity index (χ2n) is 4.74. The number of piperidine rings is 1. The third-order valence-electron chi connectivity index (χ3n) is 3.62. The molecule has 1 fully saturated rings. The maximum absolute atomic E-state index is 12.4. The molecule has 0 aromatic carbocycles. The number of amides is 1. The van der Waals surface area contributed by atoms with E-state index in [2.05, 4.69) is 38.5 Å². The van der Waals surface area contributed by atoms with Gasteiger partial charge in [-0.1, -0.05) is 6.92 Å². The number of hydrogen-bond donors (Lipinski definition) is 2. The van der Waals surface area contributed by atoms with Crippen LogP contribution in [0.4, 0.5) is 5.69 Å². The highest BCUT2D eigenvalue weighted by Gasteiger charge is 2.37. The lowest BCUT2D eigenvalue weighted by atomic mass is 9.77. The number of nitrogens with one attached hydrogen (secondary N) is 2. The van der Waals surface area contributed by atoms with E-state index in [0.29, 0.717) is 0 Å². The molecule has 1 aliphatic heterocycles. The lowest BCUT2D eigenvalue weighted by Crippen LogP contribution is -2.47. The van der Waals surface area contributed by atoms with Gasteiger partial charge in [0.2, 0.25) is 5.91 Å². The van der Waals surface area contributed by atoms with Gasteiger partial charge >= 0.3 is 0 Å². The molecule has 0 bridgehead atoms. The second-order valence-corrected chi connectivity index (χ2v) is 5.55. The Balaban J connectivity index is 2.07. The van der Waals surface area contributed by atoms with Crippen molar-refractivity contribution in [3.63, 3.8) is 0 Å². The van der Waals surface area contributed by atoms with Crippen LogP contribution in [0, 0.1) is 5.41 Å². The maximum atomic E-state index is 12.4. The highest BCUT2D eigenvalue weighted by atomic mass is 79.9. The second kappa shape index (κ2) is 5.80. The first-order valence-corrected chi connectivity index (χ1v) is 7.09. The number of halogens is 1. The molecule has 18 heavy (non-hydrogen) atoms. The normalized spacial score (nSPS) is 23.7. The molecule has 1 saturated heterocycles. The summed E-state index contributed by atoms with van der Waals surface area (Å²) in [5, 5.41) is 6.29. The zero-order valence-corrected chi connectivity index (χ0v) is 12.1. The molecule has 1 atom stereocenters. The van der Waals surface area contributed by atoms with Crippen molar-refractivity contribution in [3.8, 4) is 0 Å². The summed E-state index contributed by atoms with van der Waals surface area (Å²) in [6.45, 7) is 3.85. The van der Waals surface area contributed by atoms with Gasteiger partial charge in [0, 0.05) is 6.54 Å². The molecule has 1 aromatic heterocycles. The average molecular weight is 312 g/mol. The van der Waals surface area contributed by atoms with Gasteiger partial charge in [-0.05, 0) is 53.9 Å². The molecular weight excluding hydrogens is 294 g/mol. The summed E-state index contributed by atoms with van der Waals surface area (Å²) in [6, 6.07) is 3.68. The number of hydrogen-bond acceptors (Lipinski definition) is 3. The van der Waals surface area contributed by atoms with Gasteiger partial charge in [-0.15, -0.1) is 0 Å². The van der Waals surface area contributed by atoms with E-state index in [-0.39, 0.29) is 11.3 Å². The fourth-order valence-corrected chi connectivity index (χ4v) is 2.57. The highest BCUT2D eigenvalue weighted by molar-refractivity contribution is 9.10. The van der Waals surface area contributed by atoms with Crippen LogP contribution in [-0.2, 0) is 4.79 Å². The van der Waals surface area contributed by atoms with E-state index < -0.39 is 0 Å². The molecule has 0 spiro atoms. The third kappa shape index (κ3) is 2.90. The predicted molar refractivity (Wildman–Crippen MR) is 75.4 cm³/mol. The van der Waals surface area contributed by atoms with Crippen LogP contribution in [0.5, 0.6) is 0 Å². The monoisotopic (exact) mass is 311 g/mol. The average Bonchev–Trinajstić information content (AvgIpc) is 2.42. The minimum Gasteiger partial charge on any atom is -0.324 e. The summed E-state index contributed by atoms with van der Waals surface area (Å²) in [5.41, 5.74) is 0.479. The van der Waals surface area contributed by atoms with E-state index in [4.69, 9.17) is 0 Å². The van der Waals surface area contributed by atoms with E-state index in [0.717, 1.165) is 42.6 Å². The predicted octanol–water partition coefficient (Wildman–Crippen LogP) is 2.56. The Labute approximate surface area is 116 Å². The molecule has 98 valence electrons. The summed E-state index contributed by atoms with van der Waals surface area (Å²) < 4.78 is 0.769. The molecule has 1 aliphatic rings. The minimum absolute atomic E-state index is 0.0984. The van der Waals surface area contributed by atoms with Gasteiger partial charge in [0.05, 0.1) is 17.3 Å². The molecule has 1 aromatic rings. The smallest absolute Gasteiger partial charge is 0.231 e. The third-order valence-corrected chi connectivity index (χ3v) is 4.09. The van der Waals surface area contributed by atoms with Gasteiger partial charge < -0.3 is 10.6 Å². The Morgan fingerprint density at radius 3 is 3.00 bits per heavy atom. The molecular formula is C13H18BrN3O. The number of nitrogens with zero attached hydrogens (tertiary/aromatic N) is 1. The van der Waals surface area contributed by atoms with Crippen molar-refractivity contribution in [1.82, 2.24) is 10.3 Å². The number of pyridine rings is 1. The van der Waals surface area contributed by atoms with Crippen molar-refractivity contribution in [2.75, 3.05) is 18.4 Å². The lowest BCUT2D eigenvalue weighted by molar-refractivity contribution is -0.126. The van der Waals surface area contributed by atoms with Crippen LogP contribution in [-0.4, -0.2) is 24.0 Å². The minimum atomic E-state index is -0.272. The molecule has 4 nitrogen and oxygen atoms in total. The Kier molecular flexibility index (Phi) is 4.35. The first-order valence-electron chi connectivity index (χ1n) is 6.30. The van der Waals surface area contributed by atoms with Crippen molar-refractivity contribution in [2.45, 2.75) is 26.2 Å². The SMILES string of the molecule is CCC1(C(=O)Nc2ccc(Br)nc2)CCCNC1. The first-order chi connectivity index (χ1) is 8.66. The fraction of sp³-hybridized carbons (Fsp3) is 0.538. The number of aromatic nitrogens is 1. The van der Waals surface area contributed by atoms with E-state index in [1.807, 2.05) is 12.1 Å². The Bertz CT molecular complexity index is 413. The molecule has 2 heterocycles. The van der Waals surface area contributed by atoms with E-state index >= 15 is 0 Å². The topological polar surface area (TPSA) is 54.0 Å². The highest BCUT2D eigenvalue weighted by Crippen LogP contribution is 2.31. The molecule has 0 radical (unpaired) electrons. The summed E-state index contributed by atoms with van der Waals surface area (Å²) in [4.78, 5) is 16.5. The van der Waals surface area contributed by atoms with Crippen LogP contribution < -0.4 is 10.6 Å². The van der Waals surface area contributed by atoms with Gasteiger partial charge in [-0.3, -0.25) is 4.79 Å². The zero-order chi connectivity index (χ0) is 13.0. The van der Waals surface area contributed by atoms with Crippen molar-refractivity contribution in [3.05, 3.63) is 22.9 Å². The van der Waals surface area contributed by atoms with E-state index in [9.17, 15) is 4.79 Å². The summed E-state index contributed by atoms with van der Waals surface area (Å²) in [6.07, 6.45) is 4.53. The van der Waals surface area contributed by atoms with Gasteiger partial charge in [0.1, 0.15) is 4.60 Å². The molecule has 5 heteroatoms. The number of carbonyl (C=O) groups excluding carboxylic acids is 1. The zero-order valence-electron chi connectivity index (χ0n) is 10.5.